The zero-order valence-corrected chi connectivity index (χ0v) is 8.32. The van der Waals surface area contributed by atoms with Gasteiger partial charge in [0.1, 0.15) is 0 Å². The fraction of sp³-hybridized carbons (Fsp3) is 0.889. The Kier molecular flexibility index (Phi) is 3.69. The molecule has 2 atom stereocenters. The van der Waals surface area contributed by atoms with Crippen LogP contribution >= 0.6 is 0 Å². The first-order chi connectivity index (χ1) is 6.15. The van der Waals surface area contributed by atoms with Crippen LogP contribution in [-0.4, -0.2) is 30.2 Å². The van der Waals surface area contributed by atoms with Crippen molar-refractivity contribution in [3.05, 3.63) is 0 Å². The molecule has 13 heavy (non-hydrogen) atoms. The van der Waals surface area contributed by atoms with Crippen molar-refractivity contribution >= 4 is 5.91 Å². The van der Waals surface area contributed by atoms with Crippen LogP contribution in [0.15, 0.2) is 0 Å². The average Bonchev–Trinajstić information content (AvgIpc) is 2.15. The summed E-state index contributed by atoms with van der Waals surface area (Å²) in [4.78, 5) is 11.3. The molecule has 0 spiro atoms. The van der Waals surface area contributed by atoms with Crippen LogP contribution in [0.4, 0.5) is 0 Å². The number of nitrogens with zero attached hydrogens (tertiary/aromatic N) is 1. The lowest BCUT2D eigenvalue weighted by atomic mass is 10.00. The van der Waals surface area contributed by atoms with Crippen molar-refractivity contribution in [3.8, 4) is 0 Å². The molecule has 0 radical (unpaired) electrons. The van der Waals surface area contributed by atoms with Crippen molar-refractivity contribution in [2.24, 2.45) is 11.8 Å². The summed E-state index contributed by atoms with van der Waals surface area (Å²) in [5, 5.41) is 1.33. The van der Waals surface area contributed by atoms with Crippen LogP contribution in [0.3, 0.4) is 0 Å². The maximum atomic E-state index is 11.3. The van der Waals surface area contributed by atoms with Crippen molar-refractivity contribution in [1.29, 1.82) is 0 Å². The predicted molar refractivity (Wildman–Crippen MR) is 49.7 cm³/mol. The van der Waals surface area contributed by atoms with Crippen molar-refractivity contribution in [3.63, 3.8) is 0 Å². The van der Waals surface area contributed by atoms with Crippen LogP contribution in [0.25, 0.3) is 0 Å². The average molecular weight is 186 g/mol. The van der Waals surface area contributed by atoms with E-state index in [0.717, 1.165) is 13.0 Å². The van der Waals surface area contributed by atoms with Crippen LogP contribution in [0.1, 0.15) is 26.7 Å². The summed E-state index contributed by atoms with van der Waals surface area (Å²) in [5.74, 6) is 6.15. The minimum absolute atomic E-state index is 0.0114. The molecule has 4 heteroatoms. The van der Waals surface area contributed by atoms with E-state index in [-0.39, 0.29) is 11.9 Å². The molecule has 2 unspecified atom stereocenters. The van der Waals surface area contributed by atoms with E-state index >= 15 is 0 Å². The van der Waals surface area contributed by atoms with Crippen LogP contribution in [0.2, 0.25) is 0 Å². The summed E-state index contributed by atoms with van der Waals surface area (Å²) in [5.41, 5.74) is 0. The number of carbonyl (C=O) groups excluding carboxylic acids is 1. The summed E-state index contributed by atoms with van der Waals surface area (Å²) in [7, 11) is 0. The Morgan fingerprint density at radius 3 is 2.85 bits per heavy atom. The molecule has 0 aromatic heterocycles. The SMILES string of the molecule is CCC(=O)N(N)C1COCC(C)C1. The van der Waals surface area contributed by atoms with Gasteiger partial charge in [-0.2, -0.15) is 0 Å². The maximum absolute atomic E-state index is 11.3. The molecule has 4 nitrogen and oxygen atoms in total. The van der Waals surface area contributed by atoms with Gasteiger partial charge in [0, 0.05) is 13.0 Å². The standard InChI is InChI=1S/C9H18N2O2/c1-3-9(12)11(10)8-4-7(2)5-13-6-8/h7-8H,3-6,10H2,1-2H3. The van der Waals surface area contributed by atoms with Gasteiger partial charge < -0.3 is 4.74 Å². The van der Waals surface area contributed by atoms with E-state index in [2.05, 4.69) is 6.92 Å². The minimum Gasteiger partial charge on any atom is -0.379 e. The van der Waals surface area contributed by atoms with Gasteiger partial charge in [-0.05, 0) is 12.3 Å². The van der Waals surface area contributed by atoms with E-state index in [1.165, 1.54) is 5.01 Å². The predicted octanol–water partition coefficient (Wildman–Crippen LogP) is 0.524. The molecule has 0 aliphatic carbocycles. The minimum atomic E-state index is -0.0114. The second kappa shape index (κ2) is 4.58. The number of carbonyl (C=O) groups is 1. The van der Waals surface area contributed by atoms with Gasteiger partial charge in [0.15, 0.2) is 0 Å². The molecule has 0 aromatic rings. The molecule has 0 aromatic carbocycles. The highest BCUT2D eigenvalue weighted by Gasteiger charge is 2.25. The number of hydrogen-bond donors (Lipinski definition) is 1. The molecule has 1 aliphatic heterocycles. The first-order valence-electron chi connectivity index (χ1n) is 4.79. The largest absolute Gasteiger partial charge is 0.379 e. The van der Waals surface area contributed by atoms with Crippen molar-refractivity contribution < 1.29 is 9.53 Å². The van der Waals surface area contributed by atoms with Gasteiger partial charge in [-0.1, -0.05) is 13.8 Å². The Morgan fingerprint density at radius 1 is 1.62 bits per heavy atom. The molecule has 1 fully saturated rings. The first-order valence-corrected chi connectivity index (χ1v) is 4.79. The lowest BCUT2D eigenvalue weighted by Gasteiger charge is -2.33. The third kappa shape index (κ3) is 2.67. The summed E-state index contributed by atoms with van der Waals surface area (Å²) in [6.07, 6.45) is 1.41. The third-order valence-corrected chi connectivity index (χ3v) is 2.37. The van der Waals surface area contributed by atoms with E-state index < -0.39 is 0 Å². The number of rotatable bonds is 2. The number of nitrogens with two attached hydrogens (primary N) is 1. The highest BCUT2D eigenvalue weighted by molar-refractivity contribution is 5.75. The monoisotopic (exact) mass is 186 g/mol. The van der Waals surface area contributed by atoms with Crippen molar-refractivity contribution in [1.82, 2.24) is 5.01 Å². The summed E-state index contributed by atoms with van der Waals surface area (Å²) in [6, 6.07) is 0.0659. The Labute approximate surface area is 79.0 Å². The van der Waals surface area contributed by atoms with Gasteiger partial charge in [-0.25, -0.2) is 5.84 Å². The quantitative estimate of drug-likeness (QED) is 0.388. The second-order valence-corrected chi connectivity index (χ2v) is 3.69. The summed E-state index contributed by atoms with van der Waals surface area (Å²) >= 11 is 0. The number of ether oxygens (including phenoxy) is 1. The van der Waals surface area contributed by atoms with Gasteiger partial charge in [0.2, 0.25) is 5.91 Å². The van der Waals surface area contributed by atoms with Crippen LogP contribution in [0.5, 0.6) is 0 Å². The fourth-order valence-corrected chi connectivity index (χ4v) is 1.59. The molecule has 0 saturated carbocycles. The summed E-state index contributed by atoms with van der Waals surface area (Å²) < 4.78 is 5.34. The molecule has 1 rings (SSSR count). The molecule has 1 heterocycles. The zero-order valence-electron chi connectivity index (χ0n) is 8.32. The fourth-order valence-electron chi connectivity index (χ4n) is 1.59. The van der Waals surface area contributed by atoms with Crippen LogP contribution in [-0.2, 0) is 9.53 Å². The summed E-state index contributed by atoms with van der Waals surface area (Å²) in [6.45, 7) is 5.28. The Balaban J connectivity index is 2.45. The lowest BCUT2D eigenvalue weighted by molar-refractivity contribution is -0.137. The van der Waals surface area contributed by atoms with Crippen molar-refractivity contribution in [2.45, 2.75) is 32.7 Å². The van der Waals surface area contributed by atoms with E-state index in [1.54, 1.807) is 0 Å². The van der Waals surface area contributed by atoms with Gasteiger partial charge >= 0.3 is 0 Å². The third-order valence-electron chi connectivity index (χ3n) is 2.37. The Morgan fingerprint density at radius 2 is 2.31 bits per heavy atom. The second-order valence-electron chi connectivity index (χ2n) is 3.69. The van der Waals surface area contributed by atoms with E-state index in [4.69, 9.17) is 10.6 Å². The number of amides is 1. The molecular weight excluding hydrogens is 168 g/mol. The van der Waals surface area contributed by atoms with Crippen LogP contribution < -0.4 is 5.84 Å². The lowest BCUT2D eigenvalue weighted by Crippen LogP contribution is -2.50. The molecular formula is C9H18N2O2. The van der Waals surface area contributed by atoms with Gasteiger partial charge in [-0.15, -0.1) is 0 Å². The zero-order chi connectivity index (χ0) is 9.84. The molecule has 76 valence electrons. The Hall–Kier alpha value is -0.610. The highest BCUT2D eigenvalue weighted by Crippen LogP contribution is 2.16. The molecule has 1 amide bonds. The normalized spacial score (nSPS) is 28.5. The van der Waals surface area contributed by atoms with Crippen molar-refractivity contribution in [2.75, 3.05) is 13.2 Å². The molecule has 1 saturated heterocycles. The van der Waals surface area contributed by atoms with Crippen LogP contribution in [0, 0.1) is 5.92 Å². The van der Waals surface area contributed by atoms with E-state index in [1.807, 2.05) is 6.92 Å². The van der Waals surface area contributed by atoms with E-state index in [0.29, 0.717) is 18.9 Å². The van der Waals surface area contributed by atoms with Gasteiger partial charge in [-0.3, -0.25) is 9.80 Å². The highest BCUT2D eigenvalue weighted by atomic mass is 16.5. The number of hydrogen-bond acceptors (Lipinski definition) is 3. The molecule has 2 N–H and O–H groups in total. The van der Waals surface area contributed by atoms with E-state index in [9.17, 15) is 4.79 Å². The smallest absolute Gasteiger partial charge is 0.236 e. The topological polar surface area (TPSA) is 55.6 Å². The van der Waals surface area contributed by atoms with Gasteiger partial charge in [0.25, 0.3) is 0 Å². The molecule has 1 aliphatic rings. The molecule has 0 bridgehead atoms. The first kappa shape index (κ1) is 10.5. The Bertz CT molecular complexity index is 184. The maximum Gasteiger partial charge on any atom is 0.236 e. The number of hydrazine groups is 1. The van der Waals surface area contributed by atoms with Gasteiger partial charge in [0.05, 0.1) is 12.6 Å².